The quantitative estimate of drug-likeness (QED) is 0.609. The van der Waals surface area contributed by atoms with Crippen molar-refractivity contribution >= 4 is 28.0 Å². The maximum Gasteiger partial charge on any atom is 0.227 e. The van der Waals surface area contributed by atoms with Crippen LogP contribution in [0.15, 0.2) is 36.9 Å². The van der Waals surface area contributed by atoms with Crippen LogP contribution >= 0.6 is 0 Å². The molecule has 132 valence electrons. The van der Waals surface area contributed by atoms with Crippen LogP contribution in [0.2, 0.25) is 0 Å². The maximum absolute atomic E-state index is 4.82. The molecular weight excluding hydrogens is 328 g/mol. The van der Waals surface area contributed by atoms with E-state index in [1.54, 1.807) is 6.33 Å². The highest BCUT2D eigenvalue weighted by Gasteiger charge is 2.19. The SMILES string of the molecule is CCN1CCN(c2ncc3ncn(-c4ccc5cn[nH]c5c4)c3n2)CC1. The lowest BCUT2D eigenvalue weighted by atomic mass is 10.2. The van der Waals surface area contributed by atoms with Gasteiger partial charge in [0.05, 0.1) is 23.6 Å². The molecule has 5 rings (SSSR count). The van der Waals surface area contributed by atoms with Gasteiger partial charge in [-0.2, -0.15) is 10.1 Å². The van der Waals surface area contributed by atoms with Gasteiger partial charge in [0, 0.05) is 31.6 Å². The van der Waals surface area contributed by atoms with Crippen LogP contribution in [-0.4, -0.2) is 67.3 Å². The van der Waals surface area contributed by atoms with Gasteiger partial charge in [-0.25, -0.2) is 9.97 Å². The Balaban J connectivity index is 1.53. The summed E-state index contributed by atoms with van der Waals surface area (Å²) in [5, 5.41) is 8.19. The summed E-state index contributed by atoms with van der Waals surface area (Å²) in [4.78, 5) is 18.5. The molecule has 0 bridgehead atoms. The normalized spacial score (nSPS) is 16.0. The molecule has 3 aromatic heterocycles. The van der Waals surface area contributed by atoms with Crippen LogP contribution in [0.1, 0.15) is 6.92 Å². The van der Waals surface area contributed by atoms with E-state index in [0.29, 0.717) is 0 Å². The second kappa shape index (κ2) is 6.06. The Bertz CT molecular complexity index is 1060. The number of aromatic nitrogens is 6. The van der Waals surface area contributed by atoms with Crippen molar-refractivity contribution in [1.82, 2.24) is 34.6 Å². The van der Waals surface area contributed by atoms with Gasteiger partial charge in [0.2, 0.25) is 5.95 Å². The molecule has 1 fully saturated rings. The van der Waals surface area contributed by atoms with Crippen molar-refractivity contribution in [2.45, 2.75) is 6.92 Å². The number of aromatic amines is 1. The Labute approximate surface area is 150 Å². The molecule has 26 heavy (non-hydrogen) atoms. The standard InChI is InChI=1S/C18H20N8/c1-2-24-5-7-25(8-6-24)18-19-11-16-17(22-18)26(12-20-16)14-4-3-13-10-21-23-15(13)9-14/h3-4,9-12H,2,5-8H2,1H3,(H,21,23). The van der Waals surface area contributed by atoms with E-state index in [0.717, 1.165) is 66.4 Å². The summed E-state index contributed by atoms with van der Waals surface area (Å²) in [6, 6.07) is 6.16. The zero-order valence-electron chi connectivity index (χ0n) is 14.6. The molecule has 1 aliphatic heterocycles. The average molecular weight is 348 g/mol. The van der Waals surface area contributed by atoms with E-state index in [2.05, 4.69) is 49.0 Å². The van der Waals surface area contributed by atoms with E-state index >= 15 is 0 Å². The third-order valence-electron chi connectivity index (χ3n) is 5.08. The van der Waals surface area contributed by atoms with Crippen molar-refractivity contribution in [3.05, 3.63) is 36.9 Å². The predicted octanol–water partition coefficient (Wildman–Crippen LogP) is 1.83. The van der Waals surface area contributed by atoms with Gasteiger partial charge in [-0.15, -0.1) is 0 Å². The zero-order valence-corrected chi connectivity index (χ0v) is 14.6. The smallest absolute Gasteiger partial charge is 0.227 e. The lowest BCUT2D eigenvalue weighted by Crippen LogP contribution is -2.46. The van der Waals surface area contributed by atoms with Crippen LogP contribution in [0, 0.1) is 0 Å². The lowest BCUT2D eigenvalue weighted by Gasteiger charge is -2.33. The van der Waals surface area contributed by atoms with E-state index < -0.39 is 0 Å². The first-order valence-electron chi connectivity index (χ1n) is 8.93. The highest BCUT2D eigenvalue weighted by Crippen LogP contribution is 2.21. The lowest BCUT2D eigenvalue weighted by molar-refractivity contribution is 0.270. The number of hydrogen-bond donors (Lipinski definition) is 1. The molecule has 8 nitrogen and oxygen atoms in total. The fourth-order valence-electron chi connectivity index (χ4n) is 3.48. The molecule has 1 saturated heterocycles. The number of piperazine rings is 1. The number of fused-ring (bicyclic) bond motifs is 2. The summed E-state index contributed by atoms with van der Waals surface area (Å²) in [5.41, 5.74) is 3.62. The molecule has 0 amide bonds. The molecule has 1 N–H and O–H groups in total. The molecule has 1 aromatic carbocycles. The third kappa shape index (κ3) is 2.50. The van der Waals surface area contributed by atoms with Gasteiger partial charge < -0.3 is 9.80 Å². The van der Waals surface area contributed by atoms with Gasteiger partial charge in [0.1, 0.15) is 11.8 Å². The summed E-state index contributed by atoms with van der Waals surface area (Å²) in [6.45, 7) is 7.30. The van der Waals surface area contributed by atoms with E-state index in [1.165, 1.54) is 0 Å². The maximum atomic E-state index is 4.82. The minimum Gasteiger partial charge on any atom is -0.338 e. The predicted molar refractivity (Wildman–Crippen MR) is 101 cm³/mol. The minimum absolute atomic E-state index is 0.776. The van der Waals surface area contributed by atoms with Crippen molar-refractivity contribution in [3.63, 3.8) is 0 Å². The van der Waals surface area contributed by atoms with Gasteiger partial charge in [0.15, 0.2) is 5.65 Å². The largest absolute Gasteiger partial charge is 0.338 e. The van der Waals surface area contributed by atoms with Gasteiger partial charge in [-0.1, -0.05) is 6.92 Å². The number of rotatable bonds is 3. The van der Waals surface area contributed by atoms with Gasteiger partial charge in [0.25, 0.3) is 0 Å². The Morgan fingerprint density at radius 1 is 1.08 bits per heavy atom. The highest BCUT2D eigenvalue weighted by atomic mass is 15.3. The van der Waals surface area contributed by atoms with E-state index in [4.69, 9.17) is 4.98 Å². The van der Waals surface area contributed by atoms with Crippen LogP contribution in [0.3, 0.4) is 0 Å². The molecule has 4 heterocycles. The monoisotopic (exact) mass is 348 g/mol. The van der Waals surface area contributed by atoms with Gasteiger partial charge >= 0.3 is 0 Å². The number of H-pyrrole nitrogens is 1. The number of anilines is 1. The Hall–Kier alpha value is -3.00. The summed E-state index contributed by atoms with van der Waals surface area (Å²) in [6.07, 6.45) is 5.44. The highest BCUT2D eigenvalue weighted by molar-refractivity contribution is 5.81. The fraction of sp³-hybridized carbons (Fsp3) is 0.333. The molecule has 0 saturated carbocycles. The number of benzene rings is 1. The first-order valence-corrected chi connectivity index (χ1v) is 8.93. The molecule has 0 unspecified atom stereocenters. The van der Waals surface area contributed by atoms with Crippen LogP contribution in [-0.2, 0) is 0 Å². The van der Waals surface area contributed by atoms with E-state index in [1.807, 2.05) is 23.0 Å². The summed E-state index contributed by atoms with van der Waals surface area (Å²) < 4.78 is 2.00. The van der Waals surface area contributed by atoms with Crippen molar-refractivity contribution in [3.8, 4) is 5.69 Å². The van der Waals surface area contributed by atoms with E-state index in [9.17, 15) is 0 Å². The second-order valence-electron chi connectivity index (χ2n) is 6.56. The summed E-state index contributed by atoms with van der Waals surface area (Å²) >= 11 is 0. The Kier molecular flexibility index (Phi) is 3.56. The number of nitrogens with zero attached hydrogens (tertiary/aromatic N) is 7. The summed E-state index contributed by atoms with van der Waals surface area (Å²) in [5.74, 6) is 0.776. The van der Waals surface area contributed by atoms with Gasteiger partial charge in [-0.3, -0.25) is 9.67 Å². The minimum atomic E-state index is 0.776. The molecule has 4 aromatic rings. The van der Waals surface area contributed by atoms with Crippen LogP contribution < -0.4 is 4.90 Å². The molecule has 0 atom stereocenters. The molecule has 1 aliphatic rings. The van der Waals surface area contributed by atoms with Crippen molar-refractivity contribution in [1.29, 1.82) is 0 Å². The molecule has 0 spiro atoms. The Morgan fingerprint density at radius 3 is 2.81 bits per heavy atom. The Morgan fingerprint density at radius 2 is 1.96 bits per heavy atom. The van der Waals surface area contributed by atoms with Crippen LogP contribution in [0.4, 0.5) is 5.95 Å². The first-order chi connectivity index (χ1) is 12.8. The third-order valence-corrected chi connectivity index (χ3v) is 5.08. The number of nitrogens with one attached hydrogen (secondary N) is 1. The molecular formula is C18H20N8. The number of hydrogen-bond acceptors (Lipinski definition) is 6. The number of imidazole rings is 1. The molecule has 0 aliphatic carbocycles. The fourth-order valence-corrected chi connectivity index (χ4v) is 3.48. The van der Waals surface area contributed by atoms with Gasteiger partial charge in [-0.05, 0) is 24.7 Å². The second-order valence-corrected chi connectivity index (χ2v) is 6.56. The topological polar surface area (TPSA) is 78.8 Å². The zero-order chi connectivity index (χ0) is 17.5. The molecule has 0 radical (unpaired) electrons. The summed E-state index contributed by atoms with van der Waals surface area (Å²) in [7, 11) is 0. The molecule has 8 heteroatoms. The van der Waals surface area contributed by atoms with Crippen molar-refractivity contribution in [2.24, 2.45) is 0 Å². The van der Waals surface area contributed by atoms with E-state index in [-0.39, 0.29) is 0 Å². The first kappa shape index (κ1) is 15.3. The van der Waals surface area contributed by atoms with Crippen LogP contribution in [0.25, 0.3) is 27.8 Å². The van der Waals surface area contributed by atoms with Crippen molar-refractivity contribution < 1.29 is 0 Å². The van der Waals surface area contributed by atoms with Crippen molar-refractivity contribution in [2.75, 3.05) is 37.6 Å². The average Bonchev–Trinajstić information content (AvgIpc) is 3.33. The van der Waals surface area contributed by atoms with Crippen LogP contribution in [0.5, 0.6) is 0 Å². The number of likely N-dealkylation sites (N-methyl/N-ethyl adjacent to an activating group) is 1.